The van der Waals surface area contributed by atoms with Crippen LogP contribution >= 0.6 is 0 Å². The Morgan fingerprint density at radius 2 is 2.20 bits per heavy atom. The third-order valence-electron chi connectivity index (χ3n) is 3.01. The molecule has 0 aliphatic heterocycles. The molecular weight excluding hydrogens is 191 g/mol. The molecule has 0 bridgehead atoms. The van der Waals surface area contributed by atoms with Crippen LogP contribution in [0.2, 0.25) is 0 Å². The molecule has 1 aliphatic carbocycles. The van der Waals surface area contributed by atoms with Crippen molar-refractivity contribution in [3.63, 3.8) is 0 Å². The number of hydrogen-bond acceptors (Lipinski definition) is 2. The summed E-state index contributed by atoms with van der Waals surface area (Å²) in [7, 11) is 0. The third-order valence-corrected chi connectivity index (χ3v) is 3.01. The van der Waals surface area contributed by atoms with Crippen molar-refractivity contribution in [1.29, 1.82) is 0 Å². The molecule has 0 saturated heterocycles. The smallest absolute Gasteiger partial charge is 0.123 e. The van der Waals surface area contributed by atoms with Crippen molar-refractivity contribution in [3.8, 4) is 0 Å². The van der Waals surface area contributed by atoms with E-state index >= 15 is 0 Å². The van der Waals surface area contributed by atoms with E-state index in [-0.39, 0.29) is 11.9 Å². The number of benzene rings is 1. The van der Waals surface area contributed by atoms with Crippen molar-refractivity contribution >= 4 is 0 Å². The minimum absolute atomic E-state index is 0.175. The van der Waals surface area contributed by atoms with Gasteiger partial charge in [-0.05, 0) is 37.5 Å². The van der Waals surface area contributed by atoms with Gasteiger partial charge in [-0.2, -0.15) is 0 Å². The highest BCUT2D eigenvalue weighted by molar-refractivity contribution is 5.19. The first kappa shape index (κ1) is 10.6. The normalized spacial score (nSPS) is 27.1. The zero-order valence-corrected chi connectivity index (χ0v) is 8.91. The van der Waals surface area contributed by atoms with Crippen LogP contribution in [0.15, 0.2) is 24.3 Å². The topological polar surface area (TPSA) is 38.0 Å². The fraction of sp³-hybridized carbons (Fsp3) is 0.500. The first-order valence-electron chi connectivity index (χ1n) is 5.42. The van der Waals surface area contributed by atoms with Gasteiger partial charge in [-0.25, -0.2) is 4.39 Å². The highest BCUT2D eigenvalue weighted by Gasteiger charge is 2.26. The summed E-state index contributed by atoms with van der Waals surface area (Å²) in [6.07, 6.45) is 2.05. The molecule has 82 valence electrons. The lowest BCUT2D eigenvalue weighted by molar-refractivity contribution is 0.272. The van der Waals surface area contributed by atoms with Crippen molar-refractivity contribution in [3.05, 3.63) is 35.6 Å². The highest BCUT2D eigenvalue weighted by Crippen LogP contribution is 2.22. The van der Waals surface area contributed by atoms with Gasteiger partial charge in [-0.15, -0.1) is 0 Å². The Kier molecular flexibility index (Phi) is 3.03. The fourth-order valence-electron chi connectivity index (χ4n) is 2.02. The van der Waals surface area contributed by atoms with E-state index < -0.39 is 0 Å². The molecule has 1 aromatic carbocycles. The predicted molar refractivity (Wildman–Crippen MR) is 58.9 cm³/mol. The van der Waals surface area contributed by atoms with Gasteiger partial charge in [0.05, 0.1) is 0 Å². The van der Waals surface area contributed by atoms with Crippen LogP contribution in [0.5, 0.6) is 0 Å². The van der Waals surface area contributed by atoms with E-state index in [1.54, 1.807) is 12.1 Å². The zero-order valence-electron chi connectivity index (χ0n) is 8.91. The van der Waals surface area contributed by atoms with Crippen LogP contribution in [0.1, 0.15) is 31.4 Å². The molecule has 0 amide bonds. The first-order chi connectivity index (χ1) is 7.15. The molecular formula is C12H17FN2. The lowest BCUT2D eigenvalue weighted by atomic mass is 9.87. The molecule has 0 aromatic heterocycles. The molecule has 2 nitrogen and oxygen atoms in total. The summed E-state index contributed by atoms with van der Waals surface area (Å²) in [6.45, 7) is 2.05. The zero-order chi connectivity index (χ0) is 10.8. The molecule has 0 unspecified atom stereocenters. The minimum Gasteiger partial charge on any atom is -0.328 e. The summed E-state index contributed by atoms with van der Waals surface area (Å²) in [4.78, 5) is 0. The van der Waals surface area contributed by atoms with Crippen molar-refractivity contribution < 1.29 is 4.39 Å². The van der Waals surface area contributed by atoms with E-state index in [2.05, 4.69) is 12.2 Å². The van der Waals surface area contributed by atoms with E-state index in [1.807, 2.05) is 6.07 Å². The molecule has 3 N–H and O–H groups in total. The maximum Gasteiger partial charge on any atom is 0.123 e. The van der Waals surface area contributed by atoms with E-state index in [0.29, 0.717) is 12.1 Å². The van der Waals surface area contributed by atoms with Crippen LogP contribution in [-0.2, 0) is 0 Å². The molecule has 1 atom stereocenters. The van der Waals surface area contributed by atoms with Gasteiger partial charge in [0.1, 0.15) is 5.82 Å². The van der Waals surface area contributed by atoms with Gasteiger partial charge in [0.2, 0.25) is 0 Å². The van der Waals surface area contributed by atoms with Crippen molar-refractivity contribution in [2.24, 2.45) is 5.73 Å². The summed E-state index contributed by atoms with van der Waals surface area (Å²) < 4.78 is 13.0. The summed E-state index contributed by atoms with van der Waals surface area (Å²) in [6, 6.07) is 7.78. The SMILES string of the molecule is C[C@@H](NC1CC(N)C1)c1cccc(F)c1. The molecule has 0 heterocycles. The largest absolute Gasteiger partial charge is 0.328 e. The maximum atomic E-state index is 13.0. The van der Waals surface area contributed by atoms with Gasteiger partial charge in [0.25, 0.3) is 0 Å². The second-order valence-corrected chi connectivity index (χ2v) is 4.37. The lowest BCUT2D eigenvalue weighted by Crippen LogP contribution is -2.49. The van der Waals surface area contributed by atoms with Crippen LogP contribution in [0.3, 0.4) is 0 Å². The van der Waals surface area contributed by atoms with Gasteiger partial charge in [-0.3, -0.25) is 0 Å². The predicted octanol–water partition coefficient (Wildman–Crippen LogP) is 1.97. The van der Waals surface area contributed by atoms with Gasteiger partial charge in [0.15, 0.2) is 0 Å². The minimum atomic E-state index is -0.175. The van der Waals surface area contributed by atoms with Crippen molar-refractivity contribution in [2.75, 3.05) is 0 Å². The second-order valence-electron chi connectivity index (χ2n) is 4.37. The molecule has 2 rings (SSSR count). The van der Waals surface area contributed by atoms with Crippen LogP contribution in [0.4, 0.5) is 4.39 Å². The van der Waals surface area contributed by atoms with Crippen LogP contribution in [0, 0.1) is 5.82 Å². The molecule has 15 heavy (non-hydrogen) atoms. The number of rotatable bonds is 3. The average Bonchev–Trinajstić information content (AvgIpc) is 2.15. The Morgan fingerprint density at radius 1 is 1.47 bits per heavy atom. The van der Waals surface area contributed by atoms with Gasteiger partial charge >= 0.3 is 0 Å². The average molecular weight is 208 g/mol. The number of hydrogen-bond donors (Lipinski definition) is 2. The summed E-state index contributed by atoms with van der Waals surface area (Å²) >= 11 is 0. The Labute approximate surface area is 89.7 Å². The van der Waals surface area contributed by atoms with E-state index in [9.17, 15) is 4.39 Å². The monoisotopic (exact) mass is 208 g/mol. The second kappa shape index (κ2) is 4.29. The third kappa shape index (κ3) is 2.55. The Balaban J connectivity index is 1.93. The van der Waals surface area contributed by atoms with Crippen molar-refractivity contribution in [2.45, 2.75) is 37.9 Å². The lowest BCUT2D eigenvalue weighted by Gasteiger charge is -2.35. The first-order valence-corrected chi connectivity index (χ1v) is 5.42. The van der Waals surface area contributed by atoms with Crippen molar-refractivity contribution in [1.82, 2.24) is 5.32 Å². The van der Waals surface area contributed by atoms with Gasteiger partial charge < -0.3 is 11.1 Å². The number of halogens is 1. The quantitative estimate of drug-likeness (QED) is 0.797. The standard InChI is InChI=1S/C12H17FN2/c1-8(15-12-6-11(14)7-12)9-3-2-4-10(13)5-9/h2-5,8,11-12,15H,6-7,14H2,1H3/t8-,11?,12?/m1/s1. The Morgan fingerprint density at radius 3 is 2.80 bits per heavy atom. The summed E-state index contributed by atoms with van der Waals surface area (Å²) in [5, 5.41) is 3.44. The summed E-state index contributed by atoms with van der Waals surface area (Å²) in [5.74, 6) is -0.175. The van der Waals surface area contributed by atoms with Gasteiger partial charge in [-0.1, -0.05) is 12.1 Å². The molecule has 1 fully saturated rings. The molecule has 1 saturated carbocycles. The van der Waals surface area contributed by atoms with E-state index in [0.717, 1.165) is 18.4 Å². The van der Waals surface area contributed by atoms with Gasteiger partial charge in [0, 0.05) is 18.1 Å². The molecule has 0 radical (unpaired) electrons. The maximum absolute atomic E-state index is 13.0. The van der Waals surface area contributed by atoms with Crippen LogP contribution in [-0.4, -0.2) is 12.1 Å². The fourth-order valence-corrected chi connectivity index (χ4v) is 2.02. The Hall–Kier alpha value is -0.930. The van der Waals surface area contributed by atoms with Crippen LogP contribution in [0.25, 0.3) is 0 Å². The molecule has 1 aromatic rings. The van der Waals surface area contributed by atoms with Crippen LogP contribution < -0.4 is 11.1 Å². The number of nitrogens with one attached hydrogen (secondary N) is 1. The molecule has 1 aliphatic rings. The number of nitrogens with two attached hydrogens (primary N) is 1. The molecule has 0 spiro atoms. The molecule has 3 heteroatoms. The highest BCUT2D eigenvalue weighted by atomic mass is 19.1. The Bertz CT molecular complexity index is 334. The van der Waals surface area contributed by atoms with E-state index in [4.69, 9.17) is 5.73 Å². The summed E-state index contributed by atoms with van der Waals surface area (Å²) in [5.41, 5.74) is 6.70. The van der Waals surface area contributed by atoms with E-state index in [1.165, 1.54) is 6.07 Å².